The van der Waals surface area contributed by atoms with Crippen LogP contribution in [-0.4, -0.2) is 5.43 Å². The van der Waals surface area contributed by atoms with Crippen LogP contribution in [0.1, 0.15) is 51.0 Å². The summed E-state index contributed by atoms with van der Waals surface area (Å²) in [4.78, 5) is 10.8. The third-order valence-electron chi connectivity index (χ3n) is 2.96. The fraction of sp³-hybridized carbons (Fsp3) is 0.533. The van der Waals surface area contributed by atoms with Gasteiger partial charge in [0.15, 0.2) is 0 Å². The number of para-hydroxylation sites is 1. The van der Waals surface area contributed by atoms with Crippen LogP contribution in [0.25, 0.3) is 0 Å². The van der Waals surface area contributed by atoms with Gasteiger partial charge in [0.05, 0.1) is 0 Å². The van der Waals surface area contributed by atoms with Gasteiger partial charge in [-0.15, -0.1) is 0 Å². The molecule has 0 radical (unpaired) electrons. The molecule has 0 saturated carbocycles. The van der Waals surface area contributed by atoms with Gasteiger partial charge in [-0.05, 0) is 24.5 Å². The van der Waals surface area contributed by atoms with E-state index in [0.717, 1.165) is 18.4 Å². The Labute approximate surface area is 114 Å². The van der Waals surface area contributed by atoms with Gasteiger partial charge < -0.3 is 4.74 Å². The predicted octanol–water partition coefficient (Wildman–Crippen LogP) is 5.33. The summed E-state index contributed by atoms with van der Waals surface area (Å²) in [5.74, 6) is 0.589. The van der Waals surface area contributed by atoms with Crippen molar-refractivity contribution in [3.8, 4) is 5.75 Å². The first-order chi connectivity index (χ1) is 8.74. The first-order valence-electron chi connectivity index (χ1n) is 6.69. The van der Waals surface area contributed by atoms with Gasteiger partial charge in [-0.2, -0.15) is 0 Å². The van der Waals surface area contributed by atoms with E-state index >= 15 is 0 Å². The van der Waals surface area contributed by atoms with Crippen LogP contribution >= 0.6 is 11.6 Å². The molecular weight excluding hydrogens is 248 g/mol. The van der Waals surface area contributed by atoms with Crippen LogP contribution < -0.4 is 4.74 Å². The van der Waals surface area contributed by atoms with Crippen molar-refractivity contribution in [2.75, 3.05) is 0 Å². The molecule has 0 saturated heterocycles. The Morgan fingerprint density at radius 3 is 2.50 bits per heavy atom. The number of carbonyl (C=O) groups excluding carboxylic acids is 1. The van der Waals surface area contributed by atoms with E-state index in [1.54, 1.807) is 6.07 Å². The highest BCUT2D eigenvalue weighted by Gasteiger charge is 2.05. The molecule has 0 N–H and O–H groups in total. The maximum Gasteiger partial charge on any atom is 0.409 e. The molecule has 1 aromatic carbocycles. The Bertz CT molecular complexity index is 363. The van der Waals surface area contributed by atoms with Crippen LogP contribution in [0.3, 0.4) is 0 Å². The molecule has 0 spiro atoms. The van der Waals surface area contributed by atoms with Crippen LogP contribution in [-0.2, 0) is 6.42 Å². The van der Waals surface area contributed by atoms with E-state index in [1.165, 1.54) is 32.1 Å². The molecule has 1 rings (SSSR count). The van der Waals surface area contributed by atoms with Crippen LogP contribution in [0, 0.1) is 0 Å². The summed E-state index contributed by atoms with van der Waals surface area (Å²) in [6, 6.07) is 7.58. The standard InChI is InChI=1S/C15H21ClO2/c1-2-3-4-5-6-7-10-13-11-8-9-12-14(13)18-15(16)17/h8-9,11-12H,2-7,10H2,1H3. The van der Waals surface area contributed by atoms with E-state index in [2.05, 4.69) is 6.92 Å². The fourth-order valence-corrected chi connectivity index (χ4v) is 2.08. The third-order valence-corrected chi connectivity index (χ3v) is 3.04. The molecule has 18 heavy (non-hydrogen) atoms. The summed E-state index contributed by atoms with van der Waals surface area (Å²) in [6.45, 7) is 2.22. The van der Waals surface area contributed by atoms with Crippen molar-refractivity contribution < 1.29 is 9.53 Å². The van der Waals surface area contributed by atoms with Crippen LogP contribution in [0.5, 0.6) is 5.75 Å². The van der Waals surface area contributed by atoms with Gasteiger partial charge in [-0.25, -0.2) is 4.79 Å². The zero-order chi connectivity index (χ0) is 13.2. The fourth-order valence-electron chi connectivity index (χ4n) is 1.99. The van der Waals surface area contributed by atoms with Crippen molar-refractivity contribution >= 4 is 17.0 Å². The lowest BCUT2D eigenvalue weighted by atomic mass is 10.0. The van der Waals surface area contributed by atoms with Crippen LogP contribution in [0.4, 0.5) is 4.79 Å². The minimum Gasteiger partial charge on any atom is -0.414 e. The van der Waals surface area contributed by atoms with E-state index < -0.39 is 5.43 Å². The molecule has 3 heteroatoms. The lowest BCUT2D eigenvalue weighted by molar-refractivity contribution is 0.225. The van der Waals surface area contributed by atoms with Gasteiger partial charge in [0.2, 0.25) is 0 Å². The minimum absolute atomic E-state index is 0.589. The van der Waals surface area contributed by atoms with Crippen molar-refractivity contribution in [1.29, 1.82) is 0 Å². The topological polar surface area (TPSA) is 26.3 Å². The Kier molecular flexibility index (Phi) is 7.51. The van der Waals surface area contributed by atoms with Crippen molar-refractivity contribution in [2.24, 2.45) is 0 Å². The highest BCUT2D eigenvalue weighted by Crippen LogP contribution is 2.21. The lowest BCUT2D eigenvalue weighted by Crippen LogP contribution is -1.99. The largest absolute Gasteiger partial charge is 0.414 e. The quantitative estimate of drug-likeness (QED) is 0.471. The third kappa shape index (κ3) is 6.06. The first-order valence-corrected chi connectivity index (χ1v) is 7.07. The lowest BCUT2D eigenvalue weighted by Gasteiger charge is -2.07. The van der Waals surface area contributed by atoms with Crippen molar-refractivity contribution in [3.05, 3.63) is 29.8 Å². The van der Waals surface area contributed by atoms with Gasteiger partial charge in [0.1, 0.15) is 5.75 Å². The maximum atomic E-state index is 10.8. The van der Waals surface area contributed by atoms with Crippen molar-refractivity contribution in [3.63, 3.8) is 0 Å². The highest BCUT2D eigenvalue weighted by molar-refractivity contribution is 6.61. The average Bonchev–Trinajstić information content (AvgIpc) is 2.35. The summed E-state index contributed by atoms with van der Waals surface area (Å²) in [7, 11) is 0. The molecule has 2 nitrogen and oxygen atoms in total. The summed E-state index contributed by atoms with van der Waals surface area (Å²) >= 11 is 5.24. The number of unbranched alkanes of at least 4 members (excludes halogenated alkanes) is 5. The zero-order valence-corrected chi connectivity index (χ0v) is 11.7. The normalized spacial score (nSPS) is 10.3. The van der Waals surface area contributed by atoms with Crippen molar-refractivity contribution in [2.45, 2.75) is 51.9 Å². The molecule has 0 bridgehead atoms. The molecule has 100 valence electrons. The Balaban J connectivity index is 2.34. The van der Waals surface area contributed by atoms with Crippen LogP contribution in [0.2, 0.25) is 0 Å². The van der Waals surface area contributed by atoms with Gasteiger partial charge in [0.25, 0.3) is 0 Å². The molecule has 1 aromatic rings. The molecule has 0 heterocycles. The molecule has 0 unspecified atom stereocenters. The number of halogens is 1. The second-order valence-corrected chi connectivity index (χ2v) is 4.77. The summed E-state index contributed by atoms with van der Waals surface area (Å²) in [5.41, 5.74) is 0.285. The second-order valence-electron chi connectivity index (χ2n) is 4.47. The van der Waals surface area contributed by atoms with E-state index in [0.29, 0.717) is 5.75 Å². The maximum absolute atomic E-state index is 10.8. The van der Waals surface area contributed by atoms with E-state index in [-0.39, 0.29) is 0 Å². The van der Waals surface area contributed by atoms with E-state index in [1.807, 2.05) is 18.2 Å². The van der Waals surface area contributed by atoms with E-state index in [9.17, 15) is 4.79 Å². The molecular formula is C15H21ClO2. The average molecular weight is 269 g/mol. The monoisotopic (exact) mass is 268 g/mol. The molecule has 0 aliphatic rings. The first kappa shape index (κ1) is 15.0. The molecule has 0 fully saturated rings. The molecule has 0 aliphatic carbocycles. The molecule has 0 atom stereocenters. The predicted molar refractivity (Wildman–Crippen MR) is 75.4 cm³/mol. The number of ether oxygens (including phenoxy) is 1. The zero-order valence-electron chi connectivity index (χ0n) is 11.0. The number of hydrogen-bond donors (Lipinski definition) is 0. The van der Waals surface area contributed by atoms with Crippen LogP contribution in [0.15, 0.2) is 24.3 Å². The molecule has 0 aliphatic heterocycles. The Morgan fingerprint density at radius 2 is 1.78 bits per heavy atom. The second kappa shape index (κ2) is 8.98. The van der Waals surface area contributed by atoms with Crippen molar-refractivity contribution in [1.82, 2.24) is 0 Å². The summed E-state index contributed by atoms with van der Waals surface area (Å²) in [5, 5.41) is 0. The summed E-state index contributed by atoms with van der Waals surface area (Å²) in [6.07, 6.45) is 8.48. The summed E-state index contributed by atoms with van der Waals surface area (Å²) < 4.78 is 4.97. The van der Waals surface area contributed by atoms with Gasteiger partial charge >= 0.3 is 5.43 Å². The van der Waals surface area contributed by atoms with Gasteiger partial charge in [-0.1, -0.05) is 57.2 Å². The van der Waals surface area contributed by atoms with E-state index in [4.69, 9.17) is 16.3 Å². The number of rotatable bonds is 8. The number of benzene rings is 1. The number of aryl methyl sites for hydroxylation is 1. The van der Waals surface area contributed by atoms with Gasteiger partial charge in [-0.3, -0.25) is 0 Å². The molecule has 0 aromatic heterocycles. The smallest absolute Gasteiger partial charge is 0.409 e. The SMILES string of the molecule is CCCCCCCCc1ccccc1OC(=O)Cl. The minimum atomic E-state index is -0.773. The molecule has 0 amide bonds. The Morgan fingerprint density at radius 1 is 1.11 bits per heavy atom. The highest BCUT2D eigenvalue weighted by atomic mass is 35.5. The number of carbonyl (C=O) groups is 1. The Hall–Kier alpha value is -1.02. The van der Waals surface area contributed by atoms with Gasteiger partial charge in [0, 0.05) is 11.6 Å². The number of hydrogen-bond acceptors (Lipinski definition) is 2.